The number of aromatic hydroxyl groups is 1. The Morgan fingerprint density at radius 2 is 1.71 bits per heavy atom. The predicted octanol–water partition coefficient (Wildman–Crippen LogP) is 2.97. The lowest BCUT2D eigenvalue weighted by Gasteiger charge is -2.15. The molecule has 0 saturated heterocycles. The summed E-state index contributed by atoms with van der Waals surface area (Å²) in [6.07, 6.45) is 8.18. The number of sulfone groups is 1. The molecule has 0 atom stereocenters. The second-order valence-corrected chi connectivity index (χ2v) is 11.7. The van der Waals surface area contributed by atoms with Crippen molar-refractivity contribution in [2.24, 2.45) is 0 Å². The lowest BCUT2D eigenvalue weighted by atomic mass is 10.1. The highest BCUT2D eigenvalue weighted by molar-refractivity contribution is 7.90. The van der Waals surface area contributed by atoms with Gasteiger partial charge in [0.05, 0.1) is 27.7 Å². The van der Waals surface area contributed by atoms with E-state index in [2.05, 4.69) is 15.9 Å². The van der Waals surface area contributed by atoms with Gasteiger partial charge in [-0.2, -0.15) is 5.10 Å². The first-order valence-corrected chi connectivity index (χ1v) is 14.6. The molecule has 6 rings (SSSR count). The Bertz CT molecular complexity index is 2210. The fourth-order valence-corrected chi connectivity index (χ4v) is 5.46. The normalized spacial score (nSPS) is 11.6. The number of nitrogens with zero attached hydrogens (tertiary/aromatic N) is 6. The number of phenolic OH excluding ortho intramolecular Hbond substituents is 1. The Morgan fingerprint density at radius 1 is 0.976 bits per heavy atom. The molecule has 0 unspecified atom stereocenters. The molecule has 0 spiro atoms. The smallest absolute Gasteiger partial charge is 0.263 e. The molecule has 3 heterocycles. The molecule has 3 aromatic heterocycles. The summed E-state index contributed by atoms with van der Waals surface area (Å²) in [7, 11) is -3.39. The van der Waals surface area contributed by atoms with E-state index in [4.69, 9.17) is 22.2 Å². The Hall–Kier alpha value is -5.54. The fraction of sp³-hybridized carbons (Fsp3) is 0.100. The van der Waals surface area contributed by atoms with Crippen LogP contribution in [0.2, 0.25) is 0 Å². The highest BCUT2D eigenvalue weighted by atomic mass is 32.2. The van der Waals surface area contributed by atoms with Crippen molar-refractivity contribution in [3.8, 4) is 29.4 Å². The summed E-state index contributed by atoms with van der Waals surface area (Å²) >= 11 is 0. The van der Waals surface area contributed by atoms with Gasteiger partial charge >= 0.3 is 0 Å². The molecule has 0 fully saturated rings. The molecule has 12 heteroatoms. The summed E-state index contributed by atoms with van der Waals surface area (Å²) in [6.45, 7) is 0.138. The minimum Gasteiger partial charge on any atom is -0.508 e. The summed E-state index contributed by atoms with van der Waals surface area (Å²) in [5.41, 5.74) is 9.06. The first-order valence-electron chi connectivity index (χ1n) is 12.7. The van der Waals surface area contributed by atoms with Crippen LogP contribution in [-0.2, 0) is 22.9 Å². The van der Waals surface area contributed by atoms with E-state index in [0.29, 0.717) is 50.1 Å². The quantitative estimate of drug-likeness (QED) is 0.284. The van der Waals surface area contributed by atoms with Crippen molar-refractivity contribution < 1.29 is 13.5 Å². The van der Waals surface area contributed by atoms with Crippen LogP contribution in [-0.4, -0.2) is 49.1 Å². The van der Waals surface area contributed by atoms with Crippen molar-refractivity contribution in [1.29, 1.82) is 0 Å². The van der Waals surface area contributed by atoms with Gasteiger partial charge in [-0.05, 0) is 54.1 Å². The SMILES string of the molecule is C#Cc1cccc2nc(Cn3nc(-c4ccc(O)cc4)c4c(N)ncnc43)n(Cc3ccc(S(C)(=O)=O)cc3)c(=O)c12. The van der Waals surface area contributed by atoms with Crippen LogP contribution in [0.3, 0.4) is 0 Å². The van der Waals surface area contributed by atoms with Gasteiger partial charge in [0, 0.05) is 17.4 Å². The number of terminal acetylenes is 1. The van der Waals surface area contributed by atoms with Crippen LogP contribution < -0.4 is 11.3 Å². The van der Waals surface area contributed by atoms with Crippen LogP contribution in [0.25, 0.3) is 33.2 Å². The number of hydrogen-bond donors (Lipinski definition) is 2. The number of aromatic nitrogens is 6. The largest absolute Gasteiger partial charge is 0.508 e. The third-order valence-electron chi connectivity index (χ3n) is 6.90. The Kier molecular flexibility index (Phi) is 6.44. The summed E-state index contributed by atoms with van der Waals surface area (Å²) in [4.78, 5) is 27.5. The van der Waals surface area contributed by atoms with Crippen LogP contribution in [0.15, 0.2) is 82.7 Å². The molecular formula is C30H23N7O4S. The minimum absolute atomic E-state index is 0.0396. The van der Waals surface area contributed by atoms with E-state index in [9.17, 15) is 18.3 Å². The molecule has 42 heavy (non-hydrogen) atoms. The Balaban J connectivity index is 1.53. The average molecular weight is 578 g/mol. The molecule has 0 saturated carbocycles. The Labute approximate surface area is 239 Å². The summed E-state index contributed by atoms with van der Waals surface area (Å²) in [6, 6.07) is 18.0. The molecule has 3 aromatic carbocycles. The zero-order valence-electron chi connectivity index (χ0n) is 22.3. The first-order chi connectivity index (χ1) is 20.1. The molecule has 11 nitrogen and oxygen atoms in total. The highest BCUT2D eigenvalue weighted by Gasteiger charge is 2.20. The van der Waals surface area contributed by atoms with E-state index < -0.39 is 9.84 Å². The first kappa shape index (κ1) is 26.7. The van der Waals surface area contributed by atoms with Gasteiger partial charge in [0.1, 0.15) is 36.0 Å². The maximum Gasteiger partial charge on any atom is 0.263 e. The standard InChI is InChI=1S/C30H23N7O4S/c1-3-19-5-4-6-23-25(19)30(39)36(15-18-7-13-22(14-8-18)42(2,40)41)24(34-23)16-37-29-26(28(31)32-17-33-29)27(35-37)20-9-11-21(38)12-10-20/h1,4-14,17,38H,15-16H2,2H3,(H2,31,32,33). The van der Waals surface area contributed by atoms with Gasteiger partial charge in [0.15, 0.2) is 15.5 Å². The zero-order valence-corrected chi connectivity index (χ0v) is 23.1. The Morgan fingerprint density at radius 3 is 2.40 bits per heavy atom. The maximum atomic E-state index is 14.0. The fourth-order valence-electron chi connectivity index (χ4n) is 4.83. The van der Waals surface area contributed by atoms with Crippen LogP contribution in [0.4, 0.5) is 5.82 Å². The molecule has 0 bridgehead atoms. The lowest BCUT2D eigenvalue weighted by Crippen LogP contribution is -2.28. The number of nitrogens with two attached hydrogens (primary N) is 1. The summed E-state index contributed by atoms with van der Waals surface area (Å²) in [5.74, 6) is 3.26. The van der Waals surface area contributed by atoms with Crippen LogP contribution in [0.5, 0.6) is 5.75 Å². The molecule has 0 radical (unpaired) electrons. The third-order valence-corrected chi connectivity index (χ3v) is 8.03. The predicted molar refractivity (Wildman–Crippen MR) is 159 cm³/mol. The molecule has 0 aliphatic rings. The summed E-state index contributed by atoms with van der Waals surface area (Å²) < 4.78 is 27.0. The number of nitrogen functional groups attached to an aromatic ring is 1. The van der Waals surface area contributed by atoms with E-state index in [-0.39, 0.29) is 35.1 Å². The van der Waals surface area contributed by atoms with Crippen molar-refractivity contribution in [3.63, 3.8) is 0 Å². The molecule has 0 amide bonds. The molecule has 208 valence electrons. The molecule has 0 aliphatic carbocycles. The number of phenols is 1. The van der Waals surface area contributed by atoms with Gasteiger partial charge in [0.25, 0.3) is 5.56 Å². The van der Waals surface area contributed by atoms with E-state index in [1.807, 2.05) is 0 Å². The van der Waals surface area contributed by atoms with Gasteiger partial charge in [-0.3, -0.25) is 9.36 Å². The molecule has 6 aromatic rings. The van der Waals surface area contributed by atoms with Gasteiger partial charge in [0.2, 0.25) is 0 Å². The van der Waals surface area contributed by atoms with Crippen molar-refractivity contribution in [3.05, 3.63) is 100 Å². The van der Waals surface area contributed by atoms with Crippen molar-refractivity contribution >= 4 is 37.6 Å². The molecule has 3 N–H and O–H groups in total. The van der Waals surface area contributed by atoms with E-state index in [1.54, 1.807) is 59.3 Å². The number of hydrogen-bond acceptors (Lipinski definition) is 9. The van der Waals surface area contributed by atoms with Gasteiger partial charge in [-0.15, -0.1) is 6.42 Å². The van der Waals surface area contributed by atoms with Crippen molar-refractivity contribution in [1.82, 2.24) is 29.3 Å². The maximum absolute atomic E-state index is 14.0. The second-order valence-electron chi connectivity index (χ2n) is 9.69. The molecule has 0 aliphatic heterocycles. The van der Waals surface area contributed by atoms with E-state index >= 15 is 0 Å². The topological polar surface area (TPSA) is 159 Å². The van der Waals surface area contributed by atoms with Gasteiger partial charge < -0.3 is 10.8 Å². The van der Waals surface area contributed by atoms with Crippen LogP contribution in [0.1, 0.15) is 17.0 Å². The number of rotatable bonds is 6. The van der Waals surface area contributed by atoms with Crippen LogP contribution >= 0.6 is 0 Å². The van der Waals surface area contributed by atoms with E-state index in [1.165, 1.54) is 23.0 Å². The average Bonchev–Trinajstić information content (AvgIpc) is 3.34. The van der Waals surface area contributed by atoms with Crippen molar-refractivity contribution in [2.45, 2.75) is 18.0 Å². The number of fused-ring (bicyclic) bond motifs is 2. The van der Waals surface area contributed by atoms with E-state index in [0.717, 1.165) is 6.26 Å². The van der Waals surface area contributed by atoms with Crippen molar-refractivity contribution in [2.75, 3.05) is 12.0 Å². The third kappa shape index (κ3) is 4.71. The van der Waals surface area contributed by atoms with Gasteiger partial charge in [-0.1, -0.05) is 24.1 Å². The molecular weight excluding hydrogens is 554 g/mol. The lowest BCUT2D eigenvalue weighted by molar-refractivity contribution is 0.475. The minimum atomic E-state index is -3.39. The summed E-state index contributed by atoms with van der Waals surface area (Å²) in [5, 5.41) is 15.4. The van der Waals surface area contributed by atoms with Crippen LogP contribution in [0, 0.1) is 12.3 Å². The zero-order chi connectivity index (χ0) is 29.6. The number of benzene rings is 3. The monoisotopic (exact) mass is 577 g/mol. The second kappa shape index (κ2) is 10.1. The number of anilines is 1. The highest BCUT2D eigenvalue weighted by Crippen LogP contribution is 2.31. The van der Waals surface area contributed by atoms with Gasteiger partial charge in [-0.25, -0.2) is 28.1 Å².